The molecule has 0 aromatic heterocycles. The third kappa shape index (κ3) is 8.03. The number of halogens is 3. The maximum Gasteiger partial charge on any atom is 0.266 e. The molecule has 4 aromatic carbocycles. The van der Waals surface area contributed by atoms with Gasteiger partial charge in [0.05, 0.1) is 13.7 Å². The van der Waals surface area contributed by atoms with Crippen LogP contribution in [0.4, 0.5) is 0 Å². The van der Waals surface area contributed by atoms with Crippen LogP contribution in [0.2, 0.25) is 10.0 Å². The molecule has 0 radical (unpaired) electrons. The Bertz CT molecular complexity index is 1670. The van der Waals surface area contributed by atoms with Gasteiger partial charge >= 0.3 is 0 Å². The van der Waals surface area contributed by atoms with Gasteiger partial charge < -0.3 is 19.3 Å². The van der Waals surface area contributed by atoms with Gasteiger partial charge in [0, 0.05) is 51.6 Å². The Labute approximate surface area is 286 Å². The van der Waals surface area contributed by atoms with E-state index in [0.29, 0.717) is 58.8 Å². The van der Waals surface area contributed by atoms with Crippen molar-refractivity contribution in [1.82, 2.24) is 10.9 Å². The number of aliphatic hydroxyl groups is 1. The molecular formula is C35H34BrCl2N3O5. The topological polar surface area (TPSA) is 101 Å². The predicted octanol–water partition coefficient (Wildman–Crippen LogP) is 6.89. The van der Waals surface area contributed by atoms with Gasteiger partial charge in [-0.2, -0.15) is 0 Å². The lowest BCUT2D eigenvalue weighted by Gasteiger charge is -2.31. The van der Waals surface area contributed by atoms with E-state index in [0.717, 1.165) is 21.3 Å². The summed E-state index contributed by atoms with van der Waals surface area (Å²) >= 11 is 16.7. The first-order valence-electron chi connectivity index (χ1n) is 14.8. The SMILES string of the molecule is COc1ccc(CCNNC(=O)[C@@]2(Cc3ccccc3Br)N=C(c3ccc(OCCCO)cc3)O[C@H]2c2ccc(Cl)cc2Cl)cc1. The van der Waals surface area contributed by atoms with Crippen LogP contribution in [-0.2, 0) is 22.4 Å². The van der Waals surface area contributed by atoms with Crippen LogP contribution in [-0.4, -0.2) is 49.3 Å². The molecule has 0 spiro atoms. The van der Waals surface area contributed by atoms with Crippen molar-refractivity contribution < 1.29 is 24.1 Å². The van der Waals surface area contributed by atoms with E-state index in [1.165, 1.54) is 0 Å². The number of aliphatic hydroxyl groups excluding tert-OH is 1. The lowest BCUT2D eigenvalue weighted by atomic mass is 9.82. The zero-order valence-corrected chi connectivity index (χ0v) is 28.2. The van der Waals surface area contributed by atoms with Crippen LogP contribution in [0.5, 0.6) is 11.5 Å². The quantitative estimate of drug-likeness (QED) is 0.0967. The van der Waals surface area contributed by atoms with E-state index in [4.69, 9.17) is 47.5 Å². The van der Waals surface area contributed by atoms with Crippen molar-refractivity contribution in [3.63, 3.8) is 0 Å². The highest BCUT2D eigenvalue weighted by Crippen LogP contribution is 2.45. The number of rotatable bonds is 14. The van der Waals surface area contributed by atoms with Crippen molar-refractivity contribution in [3.8, 4) is 11.5 Å². The van der Waals surface area contributed by atoms with Gasteiger partial charge in [0.2, 0.25) is 5.90 Å². The number of hydrogen-bond donors (Lipinski definition) is 3. The van der Waals surface area contributed by atoms with E-state index in [1.54, 1.807) is 37.4 Å². The summed E-state index contributed by atoms with van der Waals surface area (Å²) in [5.74, 6) is 1.34. The largest absolute Gasteiger partial charge is 0.497 e. The Balaban J connectivity index is 1.49. The Kier molecular flexibility index (Phi) is 11.6. The first-order valence-corrected chi connectivity index (χ1v) is 16.3. The summed E-state index contributed by atoms with van der Waals surface area (Å²) < 4.78 is 18.4. The predicted molar refractivity (Wildman–Crippen MR) is 184 cm³/mol. The average molecular weight is 727 g/mol. The van der Waals surface area contributed by atoms with Crippen LogP contribution in [0, 0.1) is 0 Å². The van der Waals surface area contributed by atoms with Gasteiger partial charge in [-0.15, -0.1) is 0 Å². The lowest BCUT2D eigenvalue weighted by Crippen LogP contribution is -2.54. The summed E-state index contributed by atoms with van der Waals surface area (Å²) in [4.78, 5) is 19.5. The van der Waals surface area contributed by atoms with Gasteiger partial charge in [0.25, 0.3) is 5.91 Å². The molecule has 1 aliphatic rings. The number of ether oxygens (including phenoxy) is 3. The minimum atomic E-state index is -1.46. The molecule has 8 nitrogen and oxygen atoms in total. The number of amides is 1. The summed E-state index contributed by atoms with van der Waals surface area (Å²) in [6, 6.07) is 27.9. The highest BCUT2D eigenvalue weighted by atomic mass is 79.9. The Morgan fingerprint density at radius 1 is 1.02 bits per heavy atom. The number of nitrogens with zero attached hydrogens (tertiary/aromatic N) is 1. The number of benzene rings is 4. The van der Waals surface area contributed by atoms with Crippen LogP contribution >= 0.6 is 39.1 Å². The normalized spacial score (nSPS) is 17.2. The molecule has 46 heavy (non-hydrogen) atoms. The molecule has 0 fully saturated rings. The van der Waals surface area contributed by atoms with Crippen molar-refractivity contribution in [2.45, 2.75) is 30.9 Å². The Morgan fingerprint density at radius 2 is 1.76 bits per heavy atom. The molecule has 1 amide bonds. The fourth-order valence-electron chi connectivity index (χ4n) is 5.16. The molecule has 3 N–H and O–H groups in total. The van der Waals surface area contributed by atoms with Gasteiger partial charge in [-0.25, -0.2) is 10.4 Å². The van der Waals surface area contributed by atoms with Crippen LogP contribution in [0.25, 0.3) is 0 Å². The van der Waals surface area contributed by atoms with E-state index in [2.05, 4.69) is 26.8 Å². The third-order valence-corrected chi connectivity index (χ3v) is 8.93. The van der Waals surface area contributed by atoms with Gasteiger partial charge in [-0.05, 0) is 72.1 Å². The smallest absolute Gasteiger partial charge is 0.266 e. The van der Waals surface area contributed by atoms with Crippen LogP contribution < -0.4 is 20.3 Å². The van der Waals surface area contributed by atoms with E-state index in [1.807, 2.05) is 60.7 Å². The van der Waals surface area contributed by atoms with E-state index < -0.39 is 11.6 Å². The number of hydrogen-bond acceptors (Lipinski definition) is 7. The molecule has 1 heterocycles. The molecule has 0 unspecified atom stereocenters. The van der Waals surface area contributed by atoms with Crippen LogP contribution in [0.3, 0.4) is 0 Å². The molecule has 1 aliphatic heterocycles. The van der Waals surface area contributed by atoms with Crippen LogP contribution in [0.1, 0.15) is 34.8 Å². The maximum absolute atomic E-state index is 14.4. The van der Waals surface area contributed by atoms with Crippen LogP contribution in [0.15, 0.2) is 100 Å². The molecule has 4 aromatic rings. The van der Waals surface area contributed by atoms with Gasteiger partial charge in [-0.3, -0.25) is 10.2 Å². The molecule has 0 saturated heterocycles. The lowest BCUT2D eigenvalue weighted by molar-refractivity contribution is -0.130. The van der Waals surface area contributed by atoms with E-state index in [-0.39, 0.29) is 18.9 Å². The van der Waals surface area contributed by atoms with E-state index >= 15 is 0 Å². The van der Waals surface area contributed by atoms with Crippen molar-refractivity contribution in [3.05, 3.63) is 128 Å². The molecule has 2 atom stereocenters. The monoisotopic (exact) mass is 725 g/mol. The molecule has 240 valence electrons. The summed E-state index contributed by atoms with van der Waals surface area (Å²) in [5.41, 5.74) is 7.74. The summed E-state index contributed by atoms with van der Waals surface area (Å²) in [6.45, 7) is 0.922. The number of hydrazine groups is 1. The number of nitrogens with one attached hydrogen (secondary N) is 2. The van der Waals surface area contributed by atoms with Crippen molar-refractivity contribution in [2.75, 3.05) is 26.9 Å². The zero-order chi connectivity index (χ0) is 32.5. The van der Waals surface area contributed by atoms with Crippen molar-refractivity contribution in [2.24, 2.45) is 4.99 Å². The van der Waals surface area contributed by atoms with Gasteiger partial charge in [0.15, 0.2) is 11.6 Å². The fourth-order valence-corrected chi connectivity index (χ4v) is 6.09. The van der Waals surface area contributed by atoms with Crippen molar-refractivity contribution >= 4 is 50.9 Å². The van der Waals surface area contributed by atoms with Gasteiger partial charge in [-0.1, -0.05) is 75.5 Å². The Hall–Kier alpha value is -3.60. The maximum atomic E-state index is 14.4. The third-order valence-electron chi connectivity index (χ3n) is 7.59. The minimum Gasteiger partial charge on any atom is -0.497 e. The summed E-state index contributed by atoms with van der Waals surface area (Å²) in [5, 5.41) is 9.89. The second kappa shape index (κ2) is 15.8. The minimum absolute atomic E-state index is 0.0510. The molecule has 0 bridgehead atoms. The molecular weight excluding hydrogens is 693 g/mol. The Morgan fingerprint density at radius 3 is 2.46 bits per heavy atom. The number of carbonyl (C=O) groups excluding carboxylic acids is 1. The van der Waals surface area contributed by atoms with Crippen molar-refractivity contribution in [1.29, 1.82) is 0 Å². The molecule has 0 aliphatic carbocycles. The average Bonchev–Trinajstić information content (AvgIpc) is 3.45. The fraction of sp³-hybridized carbons (Fsp3) is 0.257. The standard InChI is InChI=1S/C35H34BrCl2N3O5/c1-44-27-12-7-23(8-13-27)17-18-39-41-34(43)35(22-25-5-2-3-6-30(25)36)32(29-16-11-26(37)21-31(29)38)46-33(40-35)24-9-14-28(15-10-24)45-20-4-19-42/h2-3,5-16,21,32,39,42H,4,17-20,22H2,1H3,(H,41,43)/t32-,35-/m0/s1. The second-order valence-corrected chi connectivity index (χ2v) is 12.4. The first-order chi connectivity index (χ1) is 22.3. The number of methoxy groups -OCH3 is 1. The highest BCUT2D eigenvalue weighted by molar-refractivity contribution is 9.10. The second-order valence-electron chi connectivity index (χ2n) is 10.7. The summed E-state index contributed by atoms with van der Waals surface area (Å²) in [6.07, 6.45) is 0.520. The number of aliphatic imine (C=N–C) groups is 1. The molecule has 11 heteroatoms. The molecule has 5 rings (SSSR count). The van der Waals surface area contributed by atoms with Gasteiger partial charge in [0.1, 0.15) is 11.5 Å². The zero-order valence-electron chi connectivity index (χ0n) is 25.1. The number of carbonyl (C=O) groups is 1. The molecule has 0 saturated carbocycles. The summed E-state index contributed by atoms with van der Waals surface area (Å²) in [7, 11) is 1.63. The van der Waals surface area contributed by atoms with E-state index in [9.17, 15) is 4.79 Å². The first kappa shape index (κ1) is 33.8. The highest BCUT2D eigenvalue weighted by Gasteiger charge is 2.54.